The van der Waals surface area contributed by atoms with Gasteiger partial charge in [-0.05, 0) is 36.6 Å². The molecule has 9 heteroatoms. The van der Waals surface area contributed by atoms with Gasteiger partial charge in [-0.1, -0.05) is 0 Å². The lowest BCUT2D eigenvalue weighted by Gasteiger charge is -2.32. The second-order valence-electron chi connectivity index (χ2n) is 6.63. The van der Waals surface area contributed by atoms with Gasteiger partial charge in [-0.15, -0.1) is 0 Å². The minimum Gasteiger partial charge on any atom is -0.493 e. The van der Waals surface area contributed by atoms with Gasteiger partial charge in [0.25, 0.3) is 0 Å². The van der Waals surface area contributed by atoms with E-state index >= 15 is 0 Å². The fourth-order valence-corrected chi connectivity index (χ4v) is 3.44. The molecule has 1 aliphatic rings. The maximum absolute atomic E-state index is 11.1. The number of nitrogens with one attached hydrogen (secondary N) is 1. The number of sulfone groups is 1. The number of fused-ring (bicyclic) bond motifs is 1. The van der Waals surface area contributed by atoms with Crippen molar-refractivity contribution in [2.45, 2.75) is 19.9 Å². The van der Waals surface area contributed by atoms with Gasteiger partial charge in [-0.3, -0.25) is 4.99 Å². The van der Waals surface area contributed by atoms with Crippen molar-refractivity contribution in [1.82, 2.24) is 10.2 Å². The van der Waals surface area contributed by atoms with Gasteiger partial charge < -0.3 is 24.4 Å². The Morgan fingerprint density at radius 1 is 1.18 bits per heavy atom. The number of hydrogen-bond donors (Lipinski definition) is 1. The molecule has 0 fully saturated rings. The summed E-state index contributed by atoms with van der Waals surface area (Å²) in [6.45, 7) is 5.44. The van der Waals surface area contributed by atoms with E-state index < -0.39 is 9.84 Å². The van der Waals surface area contributed by atoms with Crippen LogP contribution in [0.1, 0.15) is 18.1 Å². The summed E-state index contributed by atoms with van der Waals surface area (Å²) in [6.07, 6.45) is 2.10. The number of methoxy groups -OCH3 is 2. The van der Waals surface area contributed by atoms with Crippen molar-refractivity contribution in [2.24, 2.45) is 4.99 Å². The van der Waals surface area contributed by atoms with Gasteiger partial charge in [-0.2, -0.15) is 0 Å². The minimum absolute atomic E-state index is 0.0327. The van der Waals surface area contributed by atoms with Crippen LogP contribution in [0.3, 0.4) is 0 Å². The summed E-state index contributed by atoms with van der Waals surface area (Å²) in [5.74, 6) is 2.34. The van der Waals surface area contributed by atoms with Crippen LogP contribution >= 0.6 is 0 Å². The quantitative estimate of drug-likeness (QED) is 0.368. The molecule has 1 aromatic rings. The third-order valence-corrected chi connectivity index (χ3v) is 5.36. The highest BCUT2D eigenvalue weighted by atomic mass is 32.2. The van der Waals surface area contributed by atoms with Crippen LogP contribution in [0.15, 0.2) is 17.1 Å². The highest BCUT2D eigenvalue weighted by molar-refractivity contribution is 7.90. The Labute approximate surface area is 167 Å². The van der Waals surface area contributed by atoms with Crippen molar-refractivity contribution in [1.29, 1.82) is 0 Å². The van der Waals surface area contributed by atoms with Gasteiger partial charge >= 0.3 is 0 Å². The summed E-state index contributed by atoms with van der Waals surface area (Å²) in [5, 5.41) is 3.32. The zero-order valence-electron chi connectivity index (χ0n) is 17.2. The van der Waals surface area contributed by atoms with Crippen molar-refractivity contribution in [3.63, 3.8) is 0 Å². The molecule has 28 heavy (non-hydrogen) atoms. The Hall–Kier alpha value is -2.00. The number of nitrogens with zero attached hydrogens (tertiary/aromatic N) is 2. The average Bonchev–Trinajstić information content (AvgIpc) is 2.67. The summed E-state index contributed by atoms with van der Waals surface area (Å²) < 4.78 is 38.4. The van der Waals surface area contributed by atoms with E-state index in [1.165, 1.54) is 17.4 Å². The molecule has 0 amide bonds. The lowest BCUT2D eigenvalue weighted by atomic mass is 9.99. The topological polar surface area (TPSA) is 89.5 Å². The summed E-state index contributed by atoms with van der Waals surface area (Å²) in [4.78, 5) is 6.82. The predicted molar refractivity (Wildman–Crippen MR) is 110 cm³/mol. The second-order valence-corrected chi connectivity index (χ2v) is 8.89. The zero-order chi connectivity index (χ0) is 20.6. The van der Waals surface area contributed by atoms with E-state index in [0.29, 0.717) is 13.2 Å². The van der Waals surface area contributed by atoms with Crippen molar-refractivity contribution < 1.29 is 22.6 Å². The Bertz CT molecular complexity index is 780. The number of hydrogen-bond acceptors (Lipinski definition) is 6. The van der Waals surface area contributed by atoms with E-state index in [4.69, 9.17) is 14.2 Å². The molecule has 0 radical (unpaired) electrons. The Morgan fingerprint density at radius 2 is 1.86 bits per heavy atom. The smallest absolute Gasteiger partial charge is 0.194 e. The van der Waals surface area contributed by atoms with Crippen LogP contribution in [0, 0.1) is 0 Å². The molecule has 1 aromatic carbocycles. The molecule has 0 aliphatic carbocycles. The highest BCUT2D eigenvalue weighted by Gasteiger charge is 2.21. The molecule has 0 aromatic heterocycles. The summed E-state index contributed by atoms with van der Waals surface area (Å²) in [7, 11) is 0.292. The minimum atomic E-state index is -2.99. The predicted octanol–water partition coefficient (Wildman–Crippen LogP) is 1.09. The molecule has 1 aliphatic heterocycles. The van der Waals surface area contributed by atoms with E-state index in [2.05, 4.69) is 15.2 Å². The highest BCUT2D eigenvalue weighted by Crippen LogP contribution is 2.33. The Kier molecular flexibility index (Phi) is 8.37. The Balaban J connectivity index is 1.99. The van der Waals surface area contributed by atoms with E-state index in [1.807, 2.05) is 19.1 Å². The van der Waals surface area contributed by atoms with Gasteiger partial charge in [0.15, 0.2) is 17.5 Å². The lowest BCUT2D eigenvalue weighted by Crippen LogP contribution is -2.44. The van der Waals surface area contributed by atoms with E-state index in [1.54, 1.807) is 14.2 Å². The third kappa shape index (κ3) is 6.56. The molecule has 8 nitrogen and oxygen atoms in total. The molecule has 0 bridgehead atoms. The van der Waals surface area contributed by atoms with Crippen LogP contribution in [0.2, 0.25) is 0 Å². The molecular formula is C19H31N3O5S. The van der Waals surface area contributed by atoms with Crippen LogP contribution in [0.5, 0.6) is 11.5 Å². The van der Waals surface area contributed by atoms with E-state index in [-0.39, 0.29) is 12.4 Å². The number of aliphatic imine (C=N–C) groups is 1. The van der Waals surface area contributed by atoms with E-state index in [9.17, 15) is 8.42 Å². The molecule has 1 N–H and O–H groups in total. The lowest BCUT2D eigenvalue weighted by molar-refractivity contribution is 0.157. The first-order chi connectivity index (χ1) is 13.4. The van der Waals surface area contributed by atoms with Gasteiger partial charge in [0.2, 0.25) is 0 Å². The molecule has 0 unspecified atom stereocenters. The Morgan fingerprint density at radius 3 is 2.46 bits per heavy atom. The number of guanidine groups is 1. The molecule has 0 atom stereocenters. The van der Waals surface area contributed by atoms with Gasteiger partial charge in [0.05, 0.1) is 39.7 Å². The summed E-state index contributed by atoms with van der Waals surface area (Å²) in [5.41, 5.74) is 2.45. The molecule has 0 saturated carbocycles. The first kappa shape index (κ1) is 22.3. The molecule has 0 spiro atoms. The normalized spacial score (nSPS) is 14.6. The fraction of sp³-hybridized carbons (Fsp3) is 0.632. The number of benzene rings is 1. The van der Waals surface area contributed by atoms with Crippen molar-refractivity contribution >= 4 is 15.8 Å². The van der Waals surface area contributed by atoms with Gasteiger partial charge in [-0.25, -0.2) is 8.42 Å². The maximum Gasteiger partial charge on any atom is 0.194 e. The van der Waals surface area contributed by atoms with Crippen molar-refractivity contribution in [2.75, 3.05) is 59.1 Å². The molecule has 0 saturated heterocycles. The SMILES string of the molecule is CCNC(=NCCOCCS(C)(=O)=O)N1CCc2cc(OC)c(OC)cc2C1. The van der Waals surface area contributed by atoms with Crippen LogP contribution in [-0.2, 0) is 27.5 Å². The maximum atomic E-state index is 11.1. The van der Waals surface area contributed by atoms with Gasteiger partial charge in [0.1, 0.15) is 9.84 Å². The van der Waals surface area contributed by atoms with Gasteiger partial charge in [0, 0.05) is 25.9 Å². The standard InChI is InChI=1S/C19H31N3O5S/c1-5-20-19(21-7-9-27-10-11-28(4,23)24)22-8-6-15-12-17(25-2)18(26-3)13-16(15)14-22/h12-13H,5-11,14H2,1-4H3,(H,20,21). The zero-order valence-corrected chi connectivity index (χ0v) is 18.0. The first-order valence-electron chi connectivity index (χ1n) is 9.40. The molecular weight excluding hydrogens is 382 g/mol. The summed E-state index contributed by atoms with van der Waals surface area (Å²) in [6, 6.07) is 4.07. The van der Waals surface area contributed by atoms with E-state index in [0.717, 1.165) is 43.5 Å². The van der Waals surface area contributed by atoms with Crippen molar-refractivity contribution in [3.05, 3.63) is 23.3 Å². The monoisotopic (exact) mass is 413 g/mol. The van der Waals surface area contributed by atoms with Crippen LogP contribution < -0.4 is 14.8 Å². The van der Waals surface area contributed by atoms with Crippen LogP contribution in [-0.4, -0.2) is 78.4 Å². The number of rotatable bonds is 9. The second kappa shape index (κ2) is 10.5. The largest absolute Gasteiger partial charge is 0.493 e. The first-order valence-corrected chi connectivity index (χ1v) is 11.5. The third-order valence-electron chi connectivity index (χ3n) is 4.45. The average molecular weight is 414 g/mol. The van der Waals surface area contributed by atoms with Crippen molar-refractivity contribution in [3.8, 4) is 11.5 Å². The molecule has 2 rings (SSSR count). The fourth-order valence-electron chi connectivity index (χ4n) is 3.02. The van der Waals surface area contributed by atoms with Crippen LogP contribution in [0.25, 0.3) is 0 Å². The number of ether oxygens (including phenoxy) is 3. The van der Waals surface area contributed by atoms with Crippen LogP contribution in [0.4, 0.5) is 0 Å². The summed E-state index contributed by atoms with van der Waals surface area (Å²) >= 11 is 0. The molecule has 158 valence electrons. The molecule has 1 heterocycles.